The van der Waals surface area contributed by atoms with Gasteiger partial charge in [0.2, 0.25) is 15.9 Å². The third kappa shape index (κ3) is 6.53. The molecule has 1 amide bonds. The number of nitrogens with two attached hydrogens (primary N) is 1. The molecule has 4 N–H and O–H groups in total. The number of amides is 1. The first-order valence-electron chi connectivity index (χ1n) is 5.51. The van der Waals surface area contributed by atoms with Crippen molar-refractivity contribution < 1.29 is 13.2 Å². The van der Waals surface area contributed by atoms with Gasteiger partial charge in [0.1, 0.15) is 0 Å². The first-order valence-corrected chi connectivity index (χ1v) is 7.40. The minimum atomic E-state index is -3.39. The van der Waals surface area contributed by atoms with Crippen LogP contribution in [0.2, 0.25) is 0 Å². The van der Waals surface area contributed by atoms with E-state index in [4.69, 9.17) is 5.73 Å². The van der Waals surface area contributed by atoms with Gasteiger partial charge in [-0.1, -0.05) is 13.8 Å². The summed E-state index contributed by atoms with van der Waals surface area (Å²) < 4.78 is 24.2. The van der Waals surface area contributed by atoms with Gasteiger partial charge >= 0.3 is 0 Å². The molecule has 0 spiro atoms. The third-order valence-electron chi connectivity index (χ3n) is 2.89. The summed E-state index contributed by atoms with van der Waals surface area (Å²) in [6, 6.07) is -0.811. The molecule has 8 heteroatoms. The Balaban J connectivity index is 0. The Hall–Kier alpha value is -0.370. The van der Waals surface area contributed by atoms with Crippen molar-refractivity contribution >= 4 is 28.3 Å². The minimum Gasteiger partial charge on any atom is -0.348 e. The van der Waals surface area contributed by atoms with Crippen LogP contribution in [-0.2, 0) is 14.8 Å². The van der Waals surface area contributed by atoms with Crippen molar-refractivity contribution in [1.82, 2.24) is 10.0 Å². The van der Waals surface area contributed by atoms with Crippen molar-refractivity contribution in [2.45, 2.75) is 39.3 Å². The van der Waals surface area contributed by atoms with Gasteiger partial charge in [0.15, 0.2) is 0 Å². The number of rotatable bonds is 6. The number of hydrogen-bond donors (Lipinski definition) is 3. The molecule has 0 aromatic rings. The lowest BCUT2D eigenvalue weighted by Crippen LogP contribution is -2.59. The maximum atomic E-state index is 11.8. The molecule has 0 saturated heterocycles. The lowest BCUT2D eigenvalue weighted by molar-refractivity contribution is -0.124. The van der Waals surface area contributed by atoms with E-state index in [9.17, 15) is 13.2 Å². The lowest BCUT2D eigenvalue weighted by atomic mass is 9.88. The Labute approximate surface area is 116 Å². The number of carbonyl (C=O) groups excluding carboxylic acids is 1. The predicted molar refractivity (Wildman–Crippen MR) is 75.1 cm³/mol. The largest absolute Gasteiger partial charge is 0.348 e. The van der Waals surface area contributed by atoms with E-state index in [1.807, 2.05) is 20.8 Å². The monoisotopic (exact) mass is 301 g/mol. The SMILES string of the molecule is CC(NS(C)(=O)=O)C(=O)NC(C)(CN)C(C)C.Cl. The van der Waals surface area contributed by atoms with Crippen molar-refractivity contribution in [3.63, 3.8) is 0 Å². The number of carbonyl (C=O) groups is 1. The Morgan fingerprint density at radius 2 is 1.78 bits per heavy atom. The molecule has 18 heavy (non-hydrogen) atoms. The zero-order valence-corrected chi connectivity index (χ0v) is 13.1. The smallest absolute Gasteiger partial charge is 0.238 e. The highest BCUT2D eigenvalue weighted by molar-refractivity contribution is 7.88. The first kappa shape index (κ1) is 20.0. The van der Waals surface area contributed by atoms with E-state index in [0.717, 1.165) is 6.26 Å². The first-order chi connectivity index (χ1) is 7.52. The predicted octanol–water partition coefficient (Wildman–Crippen LogP) is -0.164. The summed E-state index contributed by atoms with van der Waals surface area (Å²) in [6.45, 7) is 7.52. The zero-order chi connectivity index (χ0) is 13.9. The van der Waals surface area contributed by atoms with Crippen molar-refractivity contribution in [2.75, 3.05) is 12.8 Å². The van der Waals surface area contributed by atoms with Crippen LogP contribution >= 0.6 is 12.4 Å². The fourth-order valence-corrected chi connectivity index (χ4v) is 1.94. The van der Waals surface area contributed by atoms with E-state index in [0.29, 0.717) is 6.54 Å². The van der Waals surface area contributed by atoms with Crippen LogP contribution in [-0.4, -0.2) is 38.7 Å². The van der Waals surface area contributed by atoms with Crippen molar-refractivity contribution in [3.8, 4) is 0 Å². The summed E-state index contributed by atoms with van der Waals surface area (Å²) in [6.07, 6.45) is 1.02. The van der Waals surface area contributed by atoms with E-state index in [1.54, 1.807) is 0 Å². The molecule has 0 bridgehead atoms. The van der Waals surface area contributed by atoms with Crippen LogP contribution in [0.25, 0.3) is 0 Å². The Kier molecular flexibility index (Phi) is 8.07. The van der Waals surface area contributed by atoms with Crippen molar-refractivity contribution in [3.05, 3.63) is 0 Å². The van der Waals surface area contributed by atoms with E-state index in [2.05, 4.69) is 10.0 Å². The molecule has 0 radical (unpaired) electrons. The summed E-state index contributed by atoms with van der Waals surface area (Å²) in [5.74, 6) is -0.223. The molecule has 0 aliphatic heterocycles. The highest BCUT2D eigenvalue weighted by atomic mass is 35.5. The van der Waals surface area contributed by atoms with Gasteiger partial charge in [0.05, 0.1) is 17.8 Å². The van der Waals surface area contributed by atoms with Gasteiger partial charge < -0.3 is 11.1 Å². The van der Waals surface area contributed by atoms with Gasteiger partial charge in [-0.05, 0) is 19.8 Å². The summed E-state index contributed by atoms with van der Waals surface area (Å²) in [5, 5.41) is 2.77. The molecule has 2 unspecified atom stereocenters. The zero-order valence-electron chi connectivity index (χ0n) is 11.5. The van der Waals surface area contributed by atoms with Crippen LogP contribution in [0.15, 0.2) is 0 Å². The average molecular weight is 302 g/mol. The van der Waals surface area contributed by atoms with Crippen LogP contribution in [0.5, 0.6) is 0 Å². The summed E-state index contributed by atoms with van der Waals surface area (Å²) in [5.41, 5.74) is 5.09. The normalized spacial score (nSPS) is 16.6. The van der Waals surface area contributed by atoms with Crippen LogP contribution in [0, 0.1) is 5.92 Å². The average Bonchev–Trinajstić information content (AvgIpc) is 2.14. The second-order valence-corrected chi connectivity index (χ2v) is 6.66. The molecule has 0 heterocycles. The van der Waals surface area contributed by atoms with Crippen LogP contribution < -0.4 is 15.8 Å². The molecule has 6 nitrogen and oxygen atoms in total. The maximum Gasteiger partial charge on any atom is 0.238 e. The quantitative estimate of drug-likeness (QED) is 0.634. The van der Waals surface area contributed by atoms with Gasteiger partial charge in [-0.2, -0.15) is 0 Å². The molecule has 0 aliphatic carbocycles. The molecular formula is C10H24ClN3O3S. The second-order valence-electron chi connectivity index (χ2n) is 4.88. The number of nitrogens with one attached hydrogen (secondary N) is 2. The van der Waals surface area contributed by atoms with Crippen molar-refractivity contribution in [2.24, 2.45) is 11.7 Å². The lowest BCUT2D eigenvalue weighted by Gasteiger charge is -2.34. The van der Waals surface area contributed by atoms with Gasteiger partial charge in [-0.3, -0.25) is 4.79 Å². The Morgan fingerprint density at radius 1 is 1.33 bits per heavy atom. The minimum absolute atomic E-state index is 0. The third-order valence-corrected chi connectivity index (χ3v) is 3.67. The van der Waals surface area contributed by atoms with E-state index in [1.165, 1.54) is 6.92 Å². The molecule has 0 saturated carbocycles. The highest BCUT2D eigenvalue weighted by Crippen LogP contribution is 2.14. The Bertz CT molecular complexity index is 373. The molecule has 110 valence electrons. The number of hydrogen-bond acceptors (Lipinski definition) is 4. The van der Waals surface area contributed by atoms with E-state index >= 15 is 0 Å². The molecule has 2 atom stereocenters. The Morgan fingerprint density at radius 3 is 2.06 bits per heavy atom. The summed E-state index contributed by atoms with van der Waals surface area (Å²) in [4.78, 5) is 11.8. The summed E-state index contributed by atoms with van der Waals surface area (Å²) >= 11 is 0. The maximum absolute atomic E-state index is 11.8. The van der Waals surface area contributed by atoms with E-state index in [-0.39, 0.29) is 24.2 Å². The molecular weight excluding hydrogens is 278 g/mol. The molecule has 0 rings (SSSR count). The van der Waals surface area contributed by atoms with Gasteiger partial charge in [0, 0.05) is 6.54 Å². The number of halogens is 1. The van der Waals surface area contributed by atoms with Crippen LogP contribution in [0.1, 0.15) is 27.7 Å². The molecule has 0 fully saturated rings. The topological polar surface area (TPSA) is 101 Å². The van der Waals surface area contributed by atoms with Gasteiger partial charge in [-0.15, -0.1) is 12.4 Å². The van der Waals surface area contributed by atoms with Gasteiger partial charge in [0.25, 0.3) is 0 Å². The number of sulfonamides is 1. The standard InChI is InChI=1S/C10H23N3O3S.ClH/c1-7(2)10(4,6-11)12-9(14)8(3)13-17(5,15)16;/h7-8,13H,6,11H2,1-5H3,(H,12,14);1H. The molecule has 0 aromatic heterocycles. The molecule has 0 aromatic carbocycles. The summed E-state index contributed by atoms with van der Waals surface area (Å²) in [7, 11) is -3.39. The fourth-order valence-electron chi connectivity index (χ4n) is 1.20. The van der Waals surface area contributed by atoms with Crippen molar-refractivity contribution in [1.29, 1.82) is 0 Å². The van der Waals surface area contributed by atoms with Crippen LogP contribution in [0.4, 0.5) is 0 Å². The van der Waals surface area contributed by atoms with Crippen LogP contribution in [0.3, 0.4) is 0 Å². The molecule has 0 aliphatic rings. The second kappa shape index (κ2) is 7.28. The highest BCUT2D eigenvalue weighted by Gasteiger charge is 2.30. The van der Waals surface area contributed by atoms with Gasteiger partial charge in [-0.25, -0.2) is 13.1 Å². The van der Waals surface area contributed by atoms with E-state index < -0.39 is 21.6 Å². The fraction of sp³-hybridized carbons (Fsp3) is 0.900.